The van der Waals surface area contributed by atoms with E-state index >= 15 is 0 Å². The van der Waals surface area contributed by atoms with Crippen molar-refractivity contribution in [3.63, 3.8) is 0 Å². The van der Waals surface area contributed by atoms with E-state index in [2.05, 4.69) is 129 Å². The Morgan fingerprint density at radius 1 is 0.321 bits per heavy atom. The van der Waals surface area contributed by atoms with Gasteiger partial charge in [-0.1, -0.05) is 127 Å². The number of likely N-dealkylation sites (tertiary alicyclic amines) is 3. The molecule has 8 aromatic carbocycles. The first-order valence-electron chi connectivity index (χ1n) is 48.7. The number of benzene rings is 8. The molecular formula is C114H118FN15O10. The second-order valence-corrected chi connectivity index (χ2v) is 38.5. The quantitative estimate of drug-likeness (QED) is 0.0831. The maximum atomic E-state index is 13.2. The molecule has 1 unspecified atom stereocenters. The standard InChI is InChI=1S/3C30H32N4O3.C24H22FN3O/c2*1-31-14-6-9-27(31)30(36)33-15-13-26-25(19-33)24-11-10-22(17-28(24)32(26)2)34-16-12-23(18-29(34)35)37-20-21-7-4-3-5-8-21;1-31-13-10-22(18-31)30(36)33-14-12-27-26(19-33)25-9-8-23(16-28(25)32(27)2)34-15-11-24(17-29(34)35)37-20-21-6-4-3-5-7-21;1-26-11-10-22-21(15-26)20-8-7-19(14-23(20)27(22)2)28-12-9-17(13-24(28)29)16-3-5-18(25)6-4-16/h2*3-5,7-8,10-12,16-18,27H,6,9,13-15,19-20H2,1-2H3;3-9,11,15-17,22H,10,12-14,18-20H2,1-2H3;3-9,12-14H,10-11,15H2,1-2H3/t2*27-;;/m10../s1. The minimum Gasteiger partial charge on any atom is -0.489 e. The molecule has 25 nitrogen and oxygen atoms in total. The van der Waals surface area contributed by atoms with Crippen LogP contribution in [0.25, 0.3) is 77.5 Å². The summed E-state index contributed by atoms with van der Waals surface area (Å²) in [6.07, 6.45) is 15.7. The number of likely N-dealkylation sites (N-methyl/N-ethyl adjacent to an activating group) is 3. The topological polar surface area (TPSA) is 209 Å². The molecule has 3 fully saturated rings. The summed E-state index contributed by atoms with van der Waals surface area (Å²) in [4.78, 5) is 106. The van der Waals surface area contributed by atoms with Crippen LogP contribution in [0.5, 0.6) is 17.2 Å². The number of hydrogen-bond acceptors (Lipinski definition) is 14. The molecule has 0 spiro atoms. The third kappa shape index (κ3) is 19.0. The molecule has 3 atom stereocenters. The Morgan fingerprint density at radius 2 is 0.657 bits per heavy atom. The number of fused-ring (bicyclic) bond motifs is 12. The van der Waals surface area contributed by atoms with Crippen LogP contribution in [0.4, 0.5) is 4.39 Å². The van der Waals surface area contributed by atoms with Gasteiger partial charge in [-0.3, -0.25) is 61.6 Å². The zero-order chi connectivity index (χ0) is 96.7. The van der Waals surface area contributed by atoms with Gasteiger partial charge in [0.25, 0.3) is 22.2 Å². The van der Waals surface area contributed by atoms with Gasteiger partial charge in [0.1, 0.15) is 42.9 Å². The third-order valence-corrected chi connectivity index (χ3v) is 29.7. The van der Waals surface area contributed by atoms with Gasteiger partial charge < -0.3 is 57.0 Å². The van der Waals surface area contributed by atoms with Gasteiger partial charge in [-0.05, 0) is 198 Å². The van der Waals surface area contributed by atoms with Crippen molar-refractivity contribution in [1.29, 1.82) is 0 Å². The number of aryl methyl sites for hydroxylation is 4. The Balaban J connectivity index is 0.000000115. The van der Waals surface area contributed by atoms with Gasteiger partial charge in [-0.15, -0.1) is 0 Å². The predicted octanol–water partition coefficient (Wildman–Crippen LogP) is 15.6. The average molecular weight is 1880 g/mol. The molecular weight excluding hydrogens is 1760 g/mol. The van der Waals surface area contributed by atoms with Crippen molar-refractivity contribution in [1.82, 2.24) is 70.8 Å². The number of carbonyl (C=O) groups is 3. The Kier molecular flexibility index (Phi) is 26.6. The SMILES string of the molecule is CN1CCC(C(=O)N2CCc3c(c4ccc(-n5ccc(OCc6ccccc6)cc5=O)cc4n3C)C2)C1.CN1CCC[C@@H]1C(=O)N1CCc2c(c3ccc(-n4ccc(OCc5ccccc5)cc4=O)cc3n2C)C1.CN1CCC[C@H]1C(=O)N1CCc2c(c3ccc(-n4ccc(OCc5ccccc5)cc4=O)cc3n2C)C1.CN1CCc2c(c3ccc(-n4ccc(-c5ccc(F)cc5)cc4=O)cc3n2C)C1. The van der Waals surface area contributed by atoms with E-state index in [1.54, 1.807) is 61.3 Å². The van der Waals surface area contributed by atoms with Gasteiger partial charge in [0.2, 0.25) is 17.7 Å². The lowest BCUT2D eigenvalue weighted by Gasteiger charge is -2.32. The highest BCUT2D eigenvalue weighted by atomic mass is 19.1. The second kappa shape index (κ2) is 40.0. The van der Waals surface area contributed by atoms with Crippen LogP contribution in [0.3, 0.4) is 0 Å². The minimum absolute atomic E-state index is 0.00893. The third-order valence-electron chi connectivity index (χ3n) is 29.7. The molecule has 0 radical (unpaired) electrons. The van der Waals surface area contributed by atoms with E-state index in [-0.39, 0.29) is 63.8 Å². The van der Waals surface area contributed by atoms with Crippen LogP contribution in [0.1, 0.15) is 93.8 Å². The van der Waals surface area contributed by atoms with Gasteiger partial charge in [-0.2, -0.15) is 0 Å². The summed E-state index contributed by atoms with van der Waals surface area (Å²) in [6, 6.07) is 74.1. The van der Waals surface area contributed by atoms with Gasteiger partial charge in [0.05, 0.1) is 62.8 Å². The highest BCUT2D eigenvalue weighted by Crippen LogP contribution is 2.39. The zero-order valence-electron chi connectivity index (χ0n) is 80.7. The molecule has 140 heavy (non-hydrogen) atoms. The number of hydrogen-bond donors (Lipinski definition) is 0. The maximum Gasteiger partial charge on any atom is 0.258 e. The largest absolute Gasteiger partial charge is 0.489 e. The lowest BCUT2D eigenvalue weighted by Crippen LogP contribution is -2.46. The van der Waals surface area contributed by atoms with E-state index < -0.39 is 0 Å². The Bertz CT molecular complexity index is 7410. The summed E-state index contributed by atoms with van der Waals surface area (Å²) in [7, 11) is 16.7. The van der Waals surface area contributed by atoms with E-state index in [0.29, 0.717) is 56.7 Å². The summed E-state index contributed by atoms with van der Waals surface area (Å²) in [5, 5.41) is 4.70. The first-order valence-corrected chi connectivity index (χ1v) is 48.7. The molecule has 23 rings (SSSR count). The molecule has 16 aromatic rings. The summed E-state index contributed by atoms with van der Waals surface area (Å²) in [6.45, 7) is 11.3. The molecule has 15 heterocycles. The summed E-state index contributed by atoms with van der Waals surface area (Å²) < 4.78 is 46.2. The van der Waals surface area contributed by atoms with Crippen molar-refractivity contribution in [3.05, 3.63) is 370 Å². The highest BCUT2D eigenvalue weighted by molar-refractivity contribution is 5.93. The van der Waals surface area contributed by atoms with E-state index in [4.69, 9.17) is 14.2 Å². The fraction of sp³-hybridized carbons (Fsp3) is 0.307. The zero-order valence-corrected chi connectivity index (χ0v) is 80.7. The fourth-order valence-electron chi connectivity index (χ4n) is 21.8. The van der Waals surface area contributed by atoms with Crippen molar-refractivity contribution in [2.24, 2.45) is 34.1 Å². The van der Waals surface area contributed by atoms with E-state index in [1.807, 2.05) is 168 Å². The number of carbonyl (C=O) groups excluding carboxylic acids is 3. The molecule has 716 valence electrons. The van der Waals surface area contributed by atoms with Crippen LogP contribution in [-0.4, -0.2) is 181 Å². The Hall–Kier alpha value is -14.7. The number of ether oxygens (including phenoxy) is 3. The molecule has 3 amide bonds. The van der Waals surface area contributed by atoms with Crippen LogP contribution >= 0.6 is 0 Å². The Morgan fingerprint density at radius 3 is 0.986 bits per heavy atom. The molecule has 7 aliphatic heterocycles. The maximum absolute atomic E-state index is 13.2. The van der Waals surface area contributed by atoms with Crippen LogP contribution in [0.15, 0.2) is 281 Å². The van der Waals surface area contributed by atoms with Crippen molar-refractivity contribution in [3.8, 4) is 51.1 Å². The van der Waals surface area contributed by atoms with Crippen molar-refractivity contribution in [2.75, 3.05) is 80.5 Å². The lowest BCUT2D eigenvalue weighted by molar-refractivity contribution is -0.137. The number of aromatic nitrogens is 8. The molecule has 8 aromatic heterocycles. The molecule has 0 aliphatic carbocycles. The smallest absolute Gasteiger partial charge is 0.258 e. The number of nitrogens with zero attached hydrogens (tertiary/aromatic N) is 15. The molecule has 3 saturated heterocycles. The molecule has 7 aliphatic rings. The summed E-state index contributed by atoms with van der Waals surface area (Å²) in [5.41, 5.74) is 22.2. The van der Waals surface area contributed by atoms with E-state index in [9.17, 15) is 38.0 Å². The normalized spacial score (nSPS) is 17.1. The summed E-state index contributed by atoms with van der Waals surface area (Å²) >= 11 is 0. The number of pyridine rings is 4. The lowest BCUT2D eigenvalue weighted by atomic mass is 10.0. The van der Waals surface area contributed by atoms with Gasteiger partial charge >= 0.3 is 0 Å². The van der Waals surface area contributed by atoms with Crippen LogP contribution in [-0.2, 0) is 114 Å². The number of rotatable bonds is 17. The van der Waals surface area contributed by atoms with Gasteiger partial charge in [-0.25, -0.2) is 4.39 Å². The minimum atomic E-state index is -0.285. The molecule has 0 saturated carbocycles. The number of halogens is 1. The van der Waals surface area contributed by atoms with Crippen LogP contribution < -0.4 is 36.4 Å². The highest BCUT2D eigenvalue weighted by Gasteiger charge is 2.38. The Labute approximate surface area is 812 Å². The van der Waals surface area contributed by atoms with Gasteiger partial charge in [0, 0.05) is 223 Å². The second-order valence-electron chi connectivity index (χ2n) is 38.5. The molecule has 26 heteroatoms. The first kappa shape index (κ1) is 93.0. The van der Waals surface area contributed by atoms with E-state index in [1.165, 1.54) is 80.7 Å². The van der Waals surface area contributed by atoms with Crippen molar-refractivity contribution in [2.45, 2.75) is 116 Å². The first-order chi connectivity index (χ1) is 68.0. The average Bonchev–Trinajstić information content (AvgIpc) is 1.65. The van der Waals surface area contributed by atoms with Crippen LogP contribution in [0.2, 0.25) is 0 Å². The van der Waals surface area contributed by atoms with Gasteiger partial charge in [0.15, 0.2) is 0 Å². The number of amides is 3. The molecule has 0 bridgehead atoms. The summed E-state index contributed by atoms with van der Waals surface area (Å²) in [5.74, 6) is 2.27. The fourth-order valence-corrected chi connectivity index (χ4v) is 21.8. The van der Waals surface area contributed by atoms with E-state index in [0.717, 1.165) is 205 Å². The van der Waals surface area contributed by atoms with Crippen LogP contribution in [0, 0.1) is 11.7 Å². The molecule has 0 N–H and O–H groups in total. The van der Waals surface area contributed by atoms with Crippen molar-refractivity contribution >= 4 is 61.3 Å². The monoisotopic (exact) mass is 1880 g/mol. The predicted molar refractivity (Wildman–Crippen MR) is 546 cm³/mol. The van der Waals surface area contributed by atoms with Crippen molar-refractivity contribution < 1.29 is 33.0 Å².